The quantitative estimate of drug-likeness (QED) is 0.842. The van der Waals surface area contributed by atoms with Gasteiger partial charge in [-0.2, -0.15) is 4.31 Å². The number of nitrogens with zero attached hydrogens (tertiary/aromatic N) is 1. The van der Waals surface area contributed by atoms with E-state index in [0.717, 1.165) is 0 Å². The standard InChI is InChI=1S/C14H21NO5S/c1-10-11(2)20-8-7-15(10)21(16,17)14-9-12(18-3)5-6-13(14)19-4/h5-6,9-11H,7-8H2,1-4H3. The summed E-state index contributed by atoms with van der Waals surface area (Å²) in [5.74, 6) is 0.783. The summed E-state index contributed by atoms with van der Waals surface area (Å²) in [6.45, 7) is 4.43. The van der Waals surface area contributed by atoms with Crippen molar-refractivity contribution < 1.29 is 22.6 Å². The molecule has 1 heterocycles. The van der Waals surface area contributed by atoms with Crippen LogP contribution in [0.25, 0.3) is 0 Å². The summed E-state index contributed by atoms with van der Waals surface area (Å²) in [5, 5.41) is 0. The molecular formula is C14H21NO5S. The summed E-state index contributed by atoms with van der Waals surface area (Å²) in [6, 6.07) is 4.52. The van der Waals surface area contributed by atoms with Gasteiger partial charge in [-0.15, -0.1) is 0 Å². The number of benzene rings is 1. The fraction of sp³-hybridized carbons (Fsp3) is 0.571. The lowest BCUT2D eigenvalue weighted by atomic mass is 10.2. The van der Waals surface area contributed by atoms with Gasteiger partial charge in [-0.05, 0) is 26.0 Å². The molecule has 21 heavy (non-hydrogen) atoms. The highest BCUT2D eigenvalue weighted by Crippen LogP contribution is 2.32. The Morgan fingerprint density at radius 3 is 2.57 bits per heavy atom. The first kappa shape index (κ1) is 16.1. The van der Waals surface area contributed by atoms with Gasteiger partial charge < -0.3 is 14.2 Å². The monoisotopic (exact) mass is 315 g/mol. The van der Waals surface area contributed by atoms with Crippen LogP contribution in [-0.2, 0) is 14.8 Å². The molecule has 0 spiro atoms. The van der Waals surface area contributed by atoms with Gasteiger partial charge in [-0.3, -0.25) is 0 Å². The second kappa shape index (κ2) is 6.21. The number of morpholine rings is 1. The van der Waals surface area contributed by atoms with Crippen molar-refractivity contribution in [2.75, 3.05) is 27.4 Å². The molecule has 0 N–H and O–H groups in total. The Morgan fingerprint density at radius 1 is 1.24 bits per heavy atom. The SMILES string of the molecule is COc1ccc(OC)c(S(=O)(=O)N2CCOC(C)C2C)c1. The molecule has 1 aliphatic rings. The van der Waals surface area contributed by atoms with E-state index < -0.39 is 10.0 Å². The highest BCUT2D eigenvalue weighted by molar-refractivity contribution is 7.89. The van der Waals surface area contributed by atoms with E-state index in [1.165, 1.54) is 24.6 Å². The minimum absolute atomic E-state index is 0.116. The van der Waals surface area contributed by atoms with Crippen molar-refractivity contribution in [3.8, 4) is 11.5 Å². The molecule has 6 nitrogen and oxygen atoms in total. The summed E-state index contributed by atoms with van der Waals surface area (Å²) >= 11 is 0. The summed E-state index contributed by atoms with van der Waals surface area (Å²) in [4.78, 5) is 0.116. The highest BCUT2D eigenvalue weighted by atomic mass is 32.2. The van der Waals surface area contributed by atoms with Crippen LogP contribution < -0.4 is 9.47 Å². The number of sulfonamides is 1. The maximum absolute atomic E-state index is 12.9. The van der Waals surface area contributed by atoms with Crippen LogP contribution in [0.5, 0.6) is 11.5 Å². The van der Waals surface area contributed by atoms with E-state index in [0.29, 0.717) is 24.7 Å². The molecule has 1 aliphatic heterocycles. The van der Waals surface area contributed by atoms with Crippen molar-refractivity contribution in [1.29, 1.82) is 0 Å². The normalized spacial score (nSPS) is 23.8. The molecule has 2 atom stereocenters. The minimum atomic E-state index is -3.67. The maximum atomic E-state index is 12.9. The predicted octanol–water partition coefficient (Wildman–Crippen LogP) is 1.50. The Labute approximate surface area is 125 Å². The molecule has 7 heteroatoms. The molecule has 118 valence electrons. The average molecular weight is 315 g/mol. The molecule has 2 unspecified atom stereocenters. The van der Waals surface area contributed by atoms with Crippen LogP contribution in [0.1, 0.15) is 13.8 Å². The van der Waals surface area contributed by atoms with Gasteiger partial charge >= 0.3 is 0 Å². The van der Waals surface area contributed by atoms with Crippen LogP contribution in [0, 0.1) is 0 Å². The van der Waals surface area contributed by atoms with Gasteiger partial charge in [-0.1, -0.05) is 0 Å². The lowest BCUT2D eigenvalue weighted by Crippen LogP contribution is -2.51. The molecular weight excluding hydrogens is 294 g/mol. The first-order valence-corrected chi connectivity index (χ1v) is 8.21. The summed E-state index contributed by atoms with van der Waals surface area (Å²) in [6.07, 6.45) is -0.148. The molecule has 0 aliphatic carbocycles. The first-order valence-electron chi connectivity index (χ1n) is 6.77. The van der Waals surface area contributed by atoms with Crippen molar-refractivity contribution in [1.82, 2.24) is 4.31 Å². The number of hydrogen-bond donors (Lipinski definition) is 0. The molecule has 1 saturated heterocycles. The lowest BCUT2D eigenvalue weighted by molar-refractivity contribution is -0.0232. The van der Waals surface area contributed by atoms with Gasteiger partial charge in [0.2, 0.25) is 10.0 Å². The van der Waals surface area contributed by atoms with Crippen LogP contribution in [0.3, 0.4) is 0 Å². The maximum Gasteiger partial charge on any atom is 0.247 e. The average Bonchev–Trinajstić information content (AvgIpc) is 2.49. The highest BCUT2D eigenvalue weighted by Gasteiger charge is 2.36. The topological polar surface area (TPSA) is 65.1 Å². The van der Waals surface area contributed by atoms with Crippen molar-refractivity contribution in [2.45, 2.75) is 30.9 Å². The molecule has 0 amide bonds. The van der Waals surface area contributed by atoms with Gasteiger partial charge in [-0.25, -0.2) is 8.42 Å². The second-order valence-electron chi connectivity index (χ2n) is 4.95. The van der Waals surface area contributed by atoms with Gasteiger partial charge in [0, 0.05) is 18.7 Å². The third-order valence-corrected chi connectivity index (χ3v) is 5.79. The fourth-order valence-electron chi connectivity index (χ4n) is 2.36. The zero-order valence-electron chi connectivity index (χ0n) is 12.7. The molecule has 2 rings (SSSR count). The second-order valence-corrected chi connectivity index (χ2v) is 6.81. The number of methoxy groups -OCH3 is 2. The Kier molecular flexibility index (Phi) is 4.75. The van der Waals surface area contributed by atoms with Gasteiger partial charge in [0.05, 0.1) is 26.9 Å². The third kappa shape index (κ3) is 3.00. The van der Waals surface area contributed by atoms with Crippen molar-refractivity contribution in [3.63, 3.8) is 0 Å². The van der Waals surface area contributed by atoms with E-state index in [2.05, 4.69) is 0 Å². The lowest BCUT2D eigenvalue weighted by Gasteiger charge is -2.36. The van der Waals surface area contributed by atoms with Crippen LogP contribution in [0.4, 0.5) is 0 Å². The van der Waals surface area contributed by atoms with E-state index in [9.17, 15) is 8.42 Å². The minimum Gasteiger partial charge on any atom is -0.497 e. The summed E-state index contributed by atoms with van der Waals surface area (Å²) < 4.78 is 43.1. The molecule has 0 bridgehead atoms. The number of ether oxygens (including phenoxy) is 3. The summed E-state index contributed by atoms with van der Waals surface area (Å²) in [5.41, 5.74) is 0. The van der Waals surface area contributed by atoms with Crippen LogP contribution in [0.15, 0.2) is 23.1 Å². The van der Waals surface area contributed by atoms with E-state index in [1.54, 1.807) is 12.1 Å². The Morgan fingerprint density at radius 2 is 1.95 bits per heavy atom. The van der Waals surface area contributed by atoms with Crippen LogP contribution in [-0.4, -0.2) is 52.2 Å². The van der Waals surface area contributed by atoms with Gasteiger partial charge in [0.25, 0.3) is 0 Å². The van der Waals surface area contributed by atoms with Gasteiger partial charge in [0.15, 0.2) is 0 Å². The molecule has 1 fully saturated rings. The van der Waals surface area contributed by atoms with Crippen LogP contribution in [0.2, 0.25) is 0 Å². The number of rotatable bonds is 4. The third-order valence-electron chi connectivity index (χ3n) is 3.78. The molecule has 0 aromatic heterocycles. The van der Waals surface area contributed by atoms with Crippen molar-refractivity contribution >= 4 is 10.0 Å². The van der Waals surface area contributed by atoms with E-state index in [4.69, 9.17) is 14.2 Å². The Hall–Kier alpha value is -1.31. The Bertz CT molecular complexity index is 601. The zero-order chi connectivity index (χ0) is 15.6. The first-order chi connectivity index (χ1) is 9.91. The summed E-state index contributed by atoms with van der Waals surface area (Å²) in [7, 11) is -0.723. The van der Waals surface area contributed by atoms with E-state index in [1.807, 2.05) is 13.8 Å². The zero-order valence-corrected chi connectivity index (χ0v) is 13.5. The smallest absolute Gasteiger partial charge is 0.247 e. The molecule has 0 radical (unpaired) electrons. The molecule has 1 aromatic carbocycles. The van der Waals surface area contributed by atoms with Gasteiger partial charge in [0.1, 0.15) is 16.4 Å². The largest absolute Gasteiger partial charge is 0.497 e. The van der Waals surface area contributed by atoms with E-state index in [-0.39, 0.29) is 17.0 Å². The van der Waals surface area contributed by atoms with Crippen molar-refractivity contribution in [3.05, 3.63) is 18.2 Å². The van der Waals surface area contributed by atoms with Crippen LogP contribution >= 0.6 is 0 Å². The van der Waals surface area contributed by atoms with Crippen molar-refractivity contribution in [2.24, 2.45) is 0 Å². The fourth-order valence-corrected chi connectivity index (χ4v) is 4.20. The molecule has 0 saturated carbocycles. The number of hydrogen-bond acceptors (Lipinski definition) is 5. The predicted molar refractivity (Wildman–Crippen MR) is 78.3 cm³/mol. The van der Waals surface area contributed by atoms with E-state index >= 15 is 0 Å². The molecule has 1 aromatic rings. The Balaban J connectivity index is 2.47.